The van der Waals surface area contributed by atoms with E-state index in [2.05, 4.69) is 0 Å². The van der Waals surface area contributed by atoms with E-state index in [0.717, 1.165) is 11.1 Å². The molecule has 7 nitrogen and oxygen atoms in total. The minimum absolute atomic E-state index is 0.0186. The highest BCUT2D eigenvalue weighted by atomic mass is 16.6. The monoisotopic (exact) mass is 398 g/mol. The summed E-state index contributed by atoms with van der Waals surface area (Å²) in [7, 11) is 0. The van der Waals surface area contributed by atoms with Crippen LogP contribution in [0.5, 0.6) is 11.5 Å². The second-order valence-corrected chi connectivity index (χ2v) is 7.01. The number of carbonyl (C=O) groups excluding carboxylic acids is 2. The van der Waals surface area contributed by atoms with E-state index in [4.69, 9.17) is 4.74 Å². The molecule has 0 saturated carbocycles. The van der Waals surface area contributed by atoms with Crippen LogP contribution >= 0.6 is 0 Å². The maximum absolute atomic E-state index is 13.0. The number of carbonyl (C=O) groups is 2. The van der Waals surface area contributed by atoms with Crippen molar-refractivity contribution >= 4 is 12.0 Å². The second-order valence-electron chi connectivity index (χ2n) is 7.01. The Kier molecular flexibility index (Phi) is 6.59. The van der Waals surface area contributed by atoms with E-state index >= 15 is 0 Å². The van der Waals surface area contributed by atoms with E-state index in [1.54, 1.807) is 59.2 Å². The molecule has 1 heterocycles. The molecule has 0 radical (unpaired) electrons. The van der Waals surface area contributed by atoms with E-state index < -0.39 is 0 Å². The first kappa shape index (κ1) is 20.5. The normalized spacial score (nSPS) is 15.1. The molecule has 1 saturated heterocycles. The number of hydrogen-bond acceptors (Lipinski definition) is 5. The fourth-order valence-electron chi connectivity index (χ4n) is 3.53. The minimum atomic E-state index is -0.346. The van der Waals surface area contributed by atoms with Crippen LogP contribution in [0.3, 0.4) is 0 Å². The lowest BCUT2D eigenvalue weighted by molar-refractivity contribution is -0.133. The molecule has 154 valence electrons. The molecule has 1 atom stereocenters. The molecule has 1 fully saturated rings. The molecule has 0 spiro atoms. The van der Waals surface area contributed by atoms with E-state index in [1.165, 1.54) is 0 Å². The molecule has 1 aliphatic heterocycles. The van der Waals surface area contributed by atoms with Crippen molar-refractivity contribution in [3.05, 3.63) is 59.7 Å². The Morgan fingerprint density at radius 3 is 2.21 bits per heavy atom. The summed E-state index contributed by atoms with van der Waals surface area (Å²) in [5.74, 6) is 0.0276. The van der Waals surface area contributed by atoms with Crippen molar-refractivity contribution in [1.82, 2.24) is 9.80 Å². The Morgan fingerprint density at radius 1 is 0.931 bits per heavy atom. The topological polar surface area (TPSA) is 90.3 Å². The lowest BCUT2D eigenvalue weighted by Crippen LogP contribution is -2.50. The molecule has 3 rings (SSSR count). The Labute approximate surface area is 170 Å². The van der Waals surface area contributed by atoms with Crippen molar-refractivity contribution in [3.63, 3.8) is 0 Å². The highest BCUT2D eigenvalue weighted by Gasteiger charge is 2.27. The SMILES string of the molecule is CCOC(=O)N1CCN(C(=O)CC(c2ccc(O)cc2)c2cccc(O)c2)CC1. The van der Waals surface area contributed by atoms with Crippen LogP contribution in [-0.4, -0.2) is 64.8 Å². The first-order valence-corrected chi connectivity index (χ1v) is 9.75. The molecule has 29 heavy (non-hydrogen) atoms. The second kappa shape index (κ2) is 9.32. The van der Waals surface area contributed by atoms with Crippen molar-refractivity contribution in [2.45, 2.75) is 19.3 Å². The number of amides is 2. The fourth-order valence-corrected chi connectivity index (χ4v) is 3.53. The Morgan fingerprint density at radius 2 is 1.59 bits per heavy atom. The standard InChI is InChI=1S/C22H26N2O5/c1-2-29-22(28)24-12-10-23(11-13-24)21(27)15-20(16-6-8-18(25)9-7-16)17-4-3-5-19(26)14-17/h3-9,14,20,25-26H,2,10-13,15H2,1H3. The lowest BCUT2D eigenvalue weighted by Gasteiger charge is -2.34. The Balaban J connectivity index is 1.72. The number of rotatable bonds is 5. The van der Waals surface area contributed by atoms with Gasteiger partial charge in [0.2, 0.25) is 5.91 Å². The zero-order valence-corrected chi connectivity index (χ0v) is 16.5. The smallest absolute Gasteiger partial charge is 0.409 e. The van der Waals surface area contributed by atoms with Crippen LogP contribution in [0.25, 0.3) is 0 Å². The summed E-state index contributed by atoms with van der Waals surface area (Å²) in [4.78, 5) is 28.2. The van der Waals surface area contributed by atoms with Crippen LogP contribution in [-0.2, 0) is 9.53 Å². The molecule has 0 bridgehead atoms. The summed E-state index contributed by atoms with van der Waals surface area (Å²) >= 11 is 0. The van der Waals surface area contributed by atoms with Gasteiger partial charge in [0.05, 0.1) is 6.61 Å². The van der Waals surface area contributed by atoms with Gasteiger partial charge in [-0.1, -0.05) is 24.3 Å². The predicted octanol–water partition coefficient (Wildman–Crippen LogP) is 2.92. The van der Waals surface area contributed by atoms with Gasteiger partial charge in [-0.15, -0.1) is 0 Å². The molecule has 0 aromatic heterocycles. The summed E-state index contributed by atoms with van der Waals surface area (Å²) < 4.78 is 5.02. The number of benzene rings is 2. The maximum atomic E-state index is 13.0. The van der Waals surface area contributed by atoms with Gasteiger partial charge in [0.15, 0.2) is 0 Å². The minimum Gasteiger partial charge on any atom is -0.508 e. The van der Waals surface area contributed by atoms with Gasteiger partial charge in [0.1, 0.15) is 11.5 Å². The summed E-state index contributed by atoms with van der Waals surface area (Å²) in [6, 6.07) is 13.6. The summed E-state index contributed by atoms with van der Waals surface area (Å²) in [6.45, 7) is 3.90. The highest BCUT2D eigenvalue weighted by molar-refractivity contribution is 5.78. The van der Waals surface area contributed by atoms with Gasteiger partial charge in [-0.25, -0.2) is 4.79 Å². The van der Waals surface area contributed by atoms with Crippen molar-refractivity contribution < 1.29 is 24.5 Å². The van der Waals surface area contributed by atoms with E-state index in [0.29, 0.717) is 32.8 Å². The van der Waals surface area contributed by atoms with Crippen LogP contribution in [0, 0.1) is 0 Å². The number of ether oxygens (including phenoxy) is 1. The molecule has 7 heteroatoms. The fraction of sp³-hybridized carbons (Fsp3) is 0.364. The zero-order chi connectivity index (χ0) is 20.8. The summed E-state index contributed by atoms with van der Waals surface area (Å²) in [6.07, 6.45) is -0.116. The molecule has 2 amide bonds. The average Bonchev–Trinajstić information content (AvgIpc) is 2.73. The van der Waals surface area contributed by atoms with Gasteiger partial charge in [0.25, 0.3) is 0 Å². The van der Waals surface area contributed by atoms with Crippen LogP contribution in [0.1, 0.15) is 30.4 Å². The molecule has 1 unspecified atom stereocenters. The number of aromatic hydroxyl groups is 2. The summed E-state index contributed by atoms with van der Waals surface area (Å²) in [5.41, 5.74) is 1.71. The predicted molar refractivity (Wildman–Crippen MR) is 108 cm³/mol. The zero-order valence-electron chi connectivity index (χ0n) is 16.5. The Bertz CT molecular complexity index is 845. The number of hydrogen-bond donors (Lipinski definition) is 2. The Hall–Kier alpha value is -3.22. The number of piperazine rings is 1. The summed E-state index contributed by atoms with van der Waals surface area (Å²) in [5, 5.41) is 19.5. The van der Waals surface area contributed by atoms with Crippen LogP contribution in [0.4, 0.5) is 4.79 Å². The largest absolute Gasteiger partial charge is 0.508 e. The molecular formula is C22H26N2O5. The van der Waals surface area contributed by atoms with E-state index in [-0.39, 0.29) is 35.8 Å². The third kappa shape index (κ3) is 5.19. The first-order chi connectivity index (χ1) is 14.0. The van der Waals surface area contributed by atoms with Gasteiger partial charge < -0.3 is 24.7 Å². The molecule has 2 aromatic carbocycles. The van der Waals surface area contributed by atoms with Crippen LogP contribution in [0.15, 0.2) is 48.5 Å². The van der Waals surface area contributed by atoms with Gasteiger partial charge >= 0.3 is 6.09 Å². The van der Waals surface area contributed by atoms with Gasteiger partial charge in [0, 0.05) is 38.5 Å². The molecule has 2 aromatic rings. The van der Waals surface area contributed by atoms with Gasteiger partial charge in [-0.05, 0) is 42.3 Å². The van der Waals surface area contributed by atoms with E-state index in [1.807, 2.05) is 6.07 Å². The number of nitrogens with zero attached hydrogens (tertiary/aromatic N) is 2. The first-order valence-electron chi connectivity index (χ1n) is 9.75. The maximum Gasteiger partial charge on any atom is 0.409 e. The third-order valence-corrected chi connectivity index (χ3v) is 5.11. The quantitative estimate of drug-likeness (QED) is 0.808. The number of phenolic OH excluding ortho intramolecular Hbond substituents is 2. The third-order valence-electron chi connectivity index (χ3n) is 5.11. The van der Waals surface area contributed by atoms with Crippen molar-refractivity contribution in [2.75, 3.05) is 32.8 Å². The van der Waals surface area contributed by atoms with Crippen molar-refractivity contribution in [3.8, 4) is 11.5 Å². The van der Waals surface area contributed by atoms with Gasteiger partial charge in [-0.3, -0.25) is 4.79 Å². The highest BCUT2D eigenvalue weighted by Crippen LogP contribution is 2.31. The number of phenols is 2. The molecule has 1 aliphatic rings. The van der Waals surface area contributed by atoms with Crippen LogP contribution < -0.4 is 0 Å². The molecule has 2 N–H and O–H groups in total. The van der Waals surface area contributed by atoms with Crippen molar-refractivity contribution in [2.24, 2.45) is 0 Å². The molecule has 0 aliphatic carbocycles. The average molecular weight is 398 g/mol. The molecular weight excluding hydrogens is 372 g/mol. The lowest BCUT2D eigenvalue weighted by atomic mass is 9.88. The van der Waals surface area contributed by atoms with Crippen LogP contribution in [0.2, 0.25) is 0 Å². The van der Waals surface area contributed by atoms with Crippen molar-refractivity contribution in [1.29, 1.82) is 0 Å². The van der Waals surface area contributed by atoms with Gasteiger partial charge in [-0.2, -0.15) is 0 Å². The van der Waals surface area contributed by atoms with E-state index in [9.17, 15) is 19.8 Å².